The standard InChI is InChI=1S/C19H15F3N4O3/c20-19(21,22)17-6-5-12(7-23-17)18(27)25-13-8-24-26(9-13)10-14-11-28-15-3-1-2-4-16(15)29-14/h1-9,14H,10-11H2,(H,25,27)/t14-/m0/s1. The van der Waals surface area contributed by atoms with Crippen molar-refractivity contribution in [2.45, 2.75) is 18.8 Å². The van der Waals surface area contributed by atoms with Crippen LogP contribution in [0, 0.1) is 0 Å². The van der Waals surface area contributed by atoms with Crippen LogP contribution in [-0.4, -0.2) is 33.4 Å². The van der Waals surface area contributed by atoms with Gasteiger partial charge in [0.05, 0.1) is 24.0 Å². The number of nitrogens with zero attached hydrogens (tertiary/aromatic N) is 3. The average Bonchev–Trinajstić information content (AvgIpc) is 3.14. The molecule has 29 heavy (non-hydrogen) atoms. The second kappa shape index (κ2) is 7.46. The predicted molar refractivity (Wildman–Crippen MR) is 95.8 cm³/mol. The third-order valence-corrected chi connectivity index (χ3v) is 4.17. The van der Waals surface area contributed by atoms with Gasteiger partial charge in [0.25, 0.3) is 5.91 Å². The Morgan fingerprint density at radius 3 is 2.69 bits per heavy atom. The largest absolute Gasteiger partial charge is 0.486 e. The smallest absolute Gasteiger partial charge is 0.433 e. The average molecular weight is 404 g/mol. The van der Waals surface area contributed by atoms with E-state index < -0.39 is 17.8 Å². The van der Waals surface area contributed by atoms with Gasteiger partial charge < -0.3 is 14.8 Å². The molecule has 0 saturated heterocycles. The highest BCUT2D eigenvalue weighted by Gasteiger charge is 2.32. The molecule has 10 heteroatoms. The number of anilines is 1. The van der Waals surface area contributed by atoms with Crippen LogP contribution in [0.2, 0.25) is 0 Å². The summed E-state index contributed by atoms with van der Waals surface area (Å²) >= 11 is 0. The highest BCUT2D eigenvalue weighted by atomic mass is 19.4. The molecule has 1 aromatic carbocycles. The van der Waals surface area contributed by atoms with Crippen molar-refractivity contribution in [3.05, 3.63) is 66.2 Å². The van der Waals surface area contributed by atoms with Crippen LogP contribution in [0.1, 0.15) is 16.1 Å². The topological polar surface area (TPSA) is 78.3 Å². The summed E-state index contributed by atoms with van der Waals surface area (Å²) < 4.78 is 50.7. The van der Waals surface area contributed by atoms with Crippen LogP contribution in [0.4, 0.5) is 18.9 Å². The van der Waals surface area contributed by atoms with Gasteiger partial charge >= 0.3 is 6.18 Å². The Morgan fingerprint density at radius 2 is 1.97 bits per heavy atom. The number of rotatable bonds is 4. The lowest BCUT2D eigenvalue weighted by atomic mass is 10.2. The van der Waals surface area contributed by atoms with Crippen molar-refractivity contribution in [3.63, 3.8) is 0 Å². The van der Waals surface area contributed by atoms with E-state index in [-0.39, 0.29) is 11.7 Å². The van der Waals surface area contributed by atoms with E-state index in [1.807, 2.05) is 24.3 Å². The molecule has 2 aromatic heterocycles. The van der Waals surface area contributed by atoms with E-state index in [0.29, 0.717) is 30.3 Å². The van der Waals surface area contributed by atoms with Crippen LogP contribution in [0.15, 0.2) is 55.0 Å². The lowest BCUT2D eigenvalue weighted by Crippen LogP contribution is -2.33. The van der Waals surface area contributed by atoms with Crippen molar-refractivity contribution in [2.75, 3.05) is 11.9 Å². The van der Waals surface area contributed by atoms with Gasteiger partial charge in [-0.3, -0.25) is 14.5 Å². The lowest BCUT2D eigenvalue weighted by molar-refractivity contribution is -0.141. The number of hydrogen-bond acceptors (Lipinski definition) is 5. The maximum Gasteiger partial charge on any atom is 0.433 e. The predicted octanol–water partition coefficient (Wildman–Crippen LogP) is 3.39. The number of carbonyl (C=O) groups is 1. The van der Waals surface area contributed by atoms with Gasteiger partial charge in [0, 0.05) is 12.4 Å². The van der Waals surface area contributed by atoms with E-state index in [4.69, 9.17) is 9.47 Å². The van der Waals surface area contributed by atoms with E-state index in [1.54, 1.807) is 10.9 Å². The molecule has 1 aliphatic rings. The van der Waals surface area contributed by atoms with Crippen molar-refractivity contribution in [1.29, 1.82) is 0 Å². The molecule has 1 atom stereocenters. The molecule has 1 aliphatic heterocycles. The fourth-order valence-electron chi connectivity index (χ4n) is 2.79. The van der Waals surface area contributed by atoms with Crippen molar-refractivity contribution < 1.29 is 27.4 Å². The van der Waals surface area contributed by atoms with Crippen LogP contribution in [0.25, 0.3) is 0 Å². The van der Waals surface area contributed by atoms with Gasteiger partial charge in [-0.15, -0.1) is 0 Å². The molecule has 3 heterocycles. The van der Waals surface area contributed by atoms with Crippen LogP contribution < -0.4 is 14.8 Å². The summed E-state index contributed by atoms with van der Waals surface area (Å²) in [6, 6.07) is 9.17. The SMILES string of the molecule is O=C(Nc1cnn(C[C@H]2COc3ccccc3O2)c1)c1ccc(C(F)(F)F)nc1. The fraction of sp³-hybridized carbons (Fsp3) is 0.211. The summed E-state index contributed by atoms with van der Waals surface area (Å²) in [4.78, 5) is 15.5. The number of aromatic nitrogens is 3. The minimum Gasteiger partial charge on any atom is -0.486 e. The molecule has 0 unspecified atom stereocenters. The molecular formula is C19H15F3N4O3. The number of para-hydroxylation sites is 2. The number of pyridine rings is 1. The van der Waals surface area contributed by atoms with Gasteiger partial charge in [0.1, 0.15) is 12.3 Å². The first-order valence-electron chi connectivity index (χ1n) is 8.64. The number of amides is 1. The number of nitrogens with one attached hydrogen (secondary N) is 1. The Hall–Kier alpha value is -3.56. The highest BCUT2D eigenvalue weighted by Crippen LogP contribution is 2.31. The van der Waals surface area contributed by atoms with Crippen molar-refractivity contribution >= 4 is 11.6 Å². The van der Waals surface area contributed by atoms with Crippen molar-refractivity contribution in [2.24, 2.45) is 0 Å². The zero-order valence-corrected chi connectivity index (χ0v) is 14.9. The molecule has 1 amide bonds. The first kappa shape index (κ1) is 18.8. The number of carbonyl (C=O) groups excluding carboxylic acids is 1. The Kier molecular flexibility index (Phi) is 4.83. The minimum absolute atomic E-state index is 0.00590. The van der Waals surface area contributed by atoms with E-state index in [9.17, 15) is 18.0 Å². The van der Waals surface area contributed by atoms with Crippen molar-refractivity contribution in [3.8, 4) is 11.5 Å². The molecule has 0 aliphatic carbocycles. The van der Waals surface area contributed by atoms with E-state index in [0.717, 1.165) is 18.3 Å². The third-order valence-electron chi connectivity index (χ3n) is 4.17. The van der Waals surface area contributed by atoms with Crippen LogP contribution in [-0.2, 0) is 12.7 Å². The summed E-state index contributed by atoms with van der Waals surface area (Å²) in [5.41, 5.74) is -0.656. The first-order chi connectivity index (χ1) is 13.9. The molecule has 0 saturated carbocycles. The van der Waals surface area contributed by atoms with Gasteiger partial charge in [-0.2, -0.15) is 18.3 Å². The highest BCUT2D eigenvalue weighted by molar-refractivity contribution is 6.03. The molecule has 1 N–H and O–H groups in total. The first-order valence-corrected chi connectivity index (χ1v) is 8.64. The Morgan fingerprint density at radius 1 is 1.17 bits per heavy atom. The van der Waals surface area contributed by atoms with E-state index in [1.165, 1.54) is 6.20 Å². The molecule has 0 fully saturated rings. The van der Waals surface area contributed by atoms with Crippen LogP contribution in [0.5, 0.6) is 11.5 Å². The molecule has 0 spiro atoms. The fourth-order valence-corrected chi connectivity index (χ4v) is 2.79. The molecule has 0 radical (unpaired) electrons. The molecule has 4 rings (SSSR count). The summed E-state index contributed by atoms with van der Waals surface area (Å²) in [6.07, 6.45) is -0.895. The zero-order chi connectivity index (χ0) is 20.4. The minimum atomic E-state index is -4.55. The van der Waals surface area contributed by atoms with Gasteiger partial charge in [0.2, 0.25) is 0 Å². The molecular weight excluding hydrogens is 389 g/mol. The molecule has 7 nitrogen and oxygen atoms in total. The maximum atomic E-state index is 12.6. The number of fused-ring (bicyclic) bond motifs is 1. The van der Waals surface area contributed by atoms with Crippen LogP contribution >= 0.6 is 0 Å². The second-order valence-corrected chi connectivity index (χ2v) is 6.33. The van der Waals surface area contributed by atoms with E-state index in [2.05, 4.69) is 15.4 Å². The van der Waals surface area contributed by atoms with Crippen LogP contribution in [0.3, 0.4) is 0 Å². The number of alkyl halides is 3. The zero-order valence-electron chi connectivity index (χ0n) is 14.9. The Balaban J connectivity index is 1.36. The monoisotopic (exact) mass is 404 g/mol. The van der Waals surface area contributed by atoms with Gasteiger partial charge in [-0.25, -0.2) is 0 Å². The van der Waals surface area contributed by atoms with Gasteiger partial charge in [-0.1, -0.05) is 12.1 Å². The van der Waals surface area contributed by atoms with Gasteiger partial charge in [0.15, 0.2) is 17.6 Å². The number of benzene rings is 1. The summed E-state index contributed by atoms with van der Waals surface area (Å²) in [7, 11) is 0. The Bertz CT molecular complexity index is 1020. The normalized spacial score (nSPS) is 15.8. The third kappa shape index (κ3) is 4.31. The molecule has 150 valence electrons. The molecule has 3 aromatic rings. The number of ether oxygens (including phenoxy) is 2. The maximum absolute atomic E-state index is 12.6. The number of hydrogen-bond donors (Lipinski definition) is 1. The van der Waals surface area contributed by atoms with Gasteiger partial charge in [-0.05, 0) is 24.3 Å². The van der Waals surface area contributed by atoms with Crippen molar-refractivity contribution in [1.82, 2.24) is 14.8 Å². The summed E-state index contributed by atoms with van der Waals surface area (Å²) in [5, 5.41) is 6.74. The number of halogens is 3. The van der Waals surface area contributed by atoms with E-state index >= 15 is 0 Å². The lowest BCUT2D eigenvalue weighted by Gasteiger charge is -2.26. The quantitative estimate of drug-likeness (QED) is 0.721. The Labute approximate surface area is 163 Å². The summed E-state index contributed by atoms with van der Waals surface area (Å²) in [6.45, 7) is 0.752. The second-order valence-electron chi connectivity index (χ2n) is 6.33. The molecule has 0 bridgehead atoms. The summed E-state index contributed by atoms with van der Waals surface area (Å²) in [5.74, 6) is 0.749.